The van der Waals surface area contributed by atoms with Gasteiger partial charge in [0.15, 0.2) is 6.04 Å². The molecule has 0 aromatic heterocycles. The molecule has 0 aliphatic rings. The van der Waals surface area contributed by atoms with Gasteiger partial charge in [-0.15, -0.1) is 0 Å². The molecule has 170 valence electrons. The van der Waals surface area contributed by atoms with E-state index in [-0.39, 0.29) is 11.3 Å². The number of nitrogens with zero attached hydrogens (tertiary/aromatic N) is 1. The molecule has 0 fully saturated rings. The molecule has 1 rings (SSSR count). The van der Waals surface area contributed by atoms with Gasteiger partial charge >= 0.3 is 6.09 Å². The number of aromatic hydroxyl groups is 1. The van der Waals surface area contributed by atoms with E-state index in [1.165, 1.54) is 13.0 Å². The van der Waals surface area contributed by atoms with Crippen LogP contribution in [0.15, 0.2) is 18.2 Å². The molecule has 1 aromatic carbocycles. The van der Waals surface area contributed by atoms with Crippen LogP contribution in [0.3, 0.4) is 0 Å². The zero-order valence-corrected chi connectivity index (χ0v) is 19.5. The van der Waals surface area contributed by atoms with E-state index < -0.39 is 41.1 Å². The van der Waals surface area contributed by atoms with Crippen LogP contribution in [0.1, 0.15) is 65.6 Å². The van der Waals surface area contributed by atoms with Gasteiger partial charge in [0.25, 0.3) is 5.91 Å². The van der Waals surface area contributed by atoms with Crippen molar-refractivity contribution in [3.63, 3.8) is 0 Å². The average molecular weight is 432 g/mol. The van der Waals surface area contributed by atoms with Gasteiger partial charge in [0.1, 0.15) is 17.4 Å². The van der Waals surface area contributed by atoms with E-state index in [2.05, 4.69) is 16.7 Å². The van der Waals surface area contributed by atoms with E-state index in [0.29, 0.717) is 5.56 Å². The minimum atomic E-state index is -1.31. The number of alkyl carbamates (subject to hydrolysis) is 1. The van der Waals surface area contributed by atoms with Gasteiger partial charge in [-0.3, -0.25) is 14.5 Å². The first kappa shape index (κ1) is 25.8. The second-order valence-electron chi connectivity index (χ2n) is 9.36. The second kappa shape index (κ2) is 9.73. The first-order valence-corrected chi connectivity index (χ1v) is 9.96. The third kappa shape index (κ3) is 7.52. The SMILES string of the molecule is C#CN(C(=O)C(C)NC(=O)OC(C)(C)C)C(C(=O)NC(C)(C)C)c1cccc(C)c1O. The first-order chi connectivity index (χ1) is 14.1. The van der Waals surface area contributed by atoms with Crippen LogP contribution >= 0.6 is 0 Å². The molecule has 2 atom stereocenters. The zero-order valence-electron chi connectivity index (χ0n) is 19.5. The molecule has 0 aliphatic heterocycles. The molecule has 8 heteroatoms. The molecule has 0 aliphatic carbocycles. The summed E-state index contributed by atoms with van der Waals surface area (Å²) >= 11 is 0. The molecule has 0 bridgehead atoms. The van der Waals surface area contributed by atoms with E-state index in [0.717, 1.165) is 4.90 Å². The standard InChI is InChI=1S/C23H33N3O5/c1-10-26(20(29)15(3)24-21(30)31-23(7,8)9)17(19(28)25-22(4,5)6)16-13-11-12-14(2)18(16)27/h1,11-13,15,17,27H,2-9H3,(H,24,30)(H,25,28). The predicted molar refractivity (Wildman–Crippen MR) is 118 cm³/mol. The molecule has 0 saturated heterocycles. The number of carbonyl (C=O) groups is 3. The van der Waals surface area contributed by atoms with Crippen LogP contribution in [-0.2, 0) is 14.3 Å². The van der Waals surface area contributed by atoms with Crippen molar-refractivity contribution in [2.75, 3.05) is 0 Å². The Bertz CT molecular complexity index is 875. The van der Waals surface area contributed by atoms with Gasteiger partial charge in [0, 0.05) is 17.1 Å². The summed E-state index contributed by atoms with van der Waals surface area (Å²) in [5, 5.41) is 15.8. The number of benzene rings is 1. The Labute approximate surface area is 184 Å². The Morgan fingerprint density at radius 3 is 2.23 bits per heavy atom. The van der Waals surface area contributed by atoms with Crippen molar-refractivity contribution < 1.29 is 24.2 Å². The number of ether oxygens (including phenoxy) is 1. The zero-order chi connectivity index (χ0) is 24.1. The van der Waals surface area contributed by atoms with E-state index in [9.17, 15) is 19.5 Å². The van der Waals surface area contributed by atoms with Gasteiger partial charge in [-0.25, -0.2) is 4.79 Å². The van der Waals surface area contributed by atoms with Gasteiger partial charge in [0.05, 0.1) is 0 Å². The van der Waals surface area contributed by atoms with Crippen molar-refractivity contribution >= 4 is 17.9 Å². The fourth-order valence-electron chi connectivity index (χ4n) is 2.76. The van der Waals surface area contributed by atoms with Crippen LogP contribution in [-0.4, -0.2) is 45.1 Å². The number of hydrogen-bond acceptors (Lipinski definition) is 5. The lowest BCUT2D eigenvalue weighted by Crippen LogP contribution is -2.52. The summed E-state index contributed by atoms with van der Waals surface area (Å²) in [4.78, 5) is 39.2. The van der Waals surface area contributed by atoms with Crippen molar-refractivity contribution in [3.8, 4) is 18.2 Å². The summed E-state index contributed by atoms with van der Waals surface area (Å²) in [5.74, 6) is -1.41. The lowest BCUT2D eigenvalue weighted by atomic mass is 9.98. The molecular formula is C23H33N3O5. The molecule has 8 nitrogen and oxygen atoms in total. The van der Waals surface area contributed by atoms with Gasteiger partial charge in [-0.2, -0.15) is 0 Å². The third-order valence-corrected chi connectivity index (χ3v) is 4.05. The smallest absolute Gasteiger partial charge is 0.408 e. The molecule has 31 heavy (non-hydrogen) atoms. The highest BCUT2D eigenvalue weighted by Gasteiger charge is 2.37. The number of nitrogens with one attached hydrogen (secondary N) is 2. The van der Waals surface area contributed by atoms with E-state index in [1.54, 1.807) is 60.6 Å². The quantitative estimate of drug-likeness (QED) is 0.491. The lowest BCUT2D eigenvalue weighted by Gasteiger charge is -2.32. The maximum Gasteiger partial charge on any atom is 0.408 e. The highest BCUT2D eigenvalue weighted by atomic mass is 16.6. The minimum absolute atomic E-state index is 0.141. The minimum Gasteiger partial charge on any atom is -0.507 e. The predicted octanol–water partition coefficient (Wildman–Crippen LogP) is 2.99. The number of terminal acetylenes is 1. The van der Waals surface area contributed by atoms with Crippen LogP contribution in [0.2, 0.25) is 0 Å². The van der Waals surface area contributed by atoms with Crippen molar-refractivity contribution in [1.82, 2.24) is 15.5 Å². The molecule has 0 radical (unpaired) electrons. The number of phenols is 1. The Morgan fingerprint density at radius 1 is 1.16 bits per heavy atom. The topological polar surface area (TPSA) is 108 Å². The fraction of sp³-hybridized carbons (Fsp3) is 0.522. The molecule has 0 spiro atoms. The second-order valence-corrected chi connectivity index (χ2v) is 9.36. The summed E-state index contributed by atoms with van der Waals surface area (Å²) in [6.07, 6.45) is 4.83. The van der Waals surface area contributed by atoms with Crippen LogP contribution < -0.4 is 10.6 Å². The largest absolute Gasteiger partial charge is 0.507 e. The molecule has 2 unspecified atom stereocenters. The summed E-state index contributed by atoms with van der Waals surface area (Å²) < 4.78 is 5.17. The van der Waals surface area contributed by atoms with Crippen molar-refractivity contribution in [2.45, 2.75) is 78.6 Å². The third-order valence-electron chi connectivity index (χ3n) is 4.05. The highest BCUT2D eigenvalue weighted by Crippen LogP contribution is 2.32. The summed E-state index contributed by atoms with van der Waals surface area (Å²) in [6, 6.07) is 4.70. The number of para-hydroxylation sites is 1. The van der Waals surface area contributed by atoms with Crippen LogP contribution in [0.5, 0.6) is 5.75 Å². The Balaban J connectivity index is 3.32. The Kier molecular flexibility index (Phi) is 8.11. The van der Waals surface area contributed by atoms with E-state index in [4.69, 9.17) is 11.2 Å². The van der Waals surface area contributed by atoms with Gasteiger partial charge in [-0.05, 0) is 61.0 Å². The first-order valence-electron chi connectivity index (χ1n) is 9.96. The van der Waals surface area contributed by atoms with Crippen LogP contribution in [0, 0.1) is 19.4 Å². The monoisotopic (exact) mass is 431 g/mol. The van der Waals surface area contributed by atoms with Crippen molar-refractivity contribution in [1.29, 1.82) is 0 Å². The lowest BCUT2D eigenvalue weighted by molar-refractivity contribution is -0.139. The van der Waals surface area contributed by atoms with Crippen molar-refractivity contribution in [3.05, 3.63) is 29.3 Å². The molecule has 1 aromatic rings. The van der Waals surface area contributed by atoms with Gasteiger partial charge in [0.2, 0.25) is 5.91 Å². The maximum atomic E-state index is 13.1. The van der Waals surface area contributed by atoms with E-state index in [1.807, 2.05) is 0 Å². The molecular weight excluding hydrogens is 398 g/mol. The van der Waals surface area contributed by atoms with Crippen LogP contribution in [0.25, 0.3) is 0 Å². The van der Waals surface area contributed by atoms with E-state index >= 15 is 0 Å². The summed E-state index contributed by atoms with van der Waals surface area (Å²) in [5.41, 5.74) is -0.660. The highest BCUT2D eigenvalue weighted by molar-refractivity contribution is 5.93. The Hall–Kier alpha value is -3.21. The number of phenolic OH excluding ortho intramolecular Hbond substituents is 1. The molecule has 3 amide bonds. The number of rotatable bonds is 5. The molecule has 0 heterocycles. The number of aryl methyl sites for hydroxylation is 1. The Morgan fingerprint density at radius 2 is 1.74 bits per heavy atom. The van der Waals surface area contributed by atoms with Gasteiger partial charge < -0.3 is 20.5 Å². The average Bonchev–Trinajstić information content (AvgIpc) is 2.58. The van der Waals surface area contributed by atoms with Gasteiger partial charge in [-0.1, -0.05) is 24.6 Å². The normalized spacial score (nSPS) is 13.4. The summed E-state index contributed by atoms with van der Waals surface area (Å²) in [7, 11) is 0. The molecule has 0 saturated carbocycles. The maximum absolute atomic E-state index is 13.1. The van der Waals surface area contributed by atoms with Crippen LogP contribution in [0.4, 0.5) is 4.79 Å². The van der Waals surface area contributed by atoms with Crippen molar-refractivity contribution in [2.24, 2.45) is 0 Å². The summed E-state index contributed by atoms with van der Waals surface area (Å²) in [6.45, 7) is 13.5. The molecule has 3 N–H and O–H groups in total. The number of hydrogen-bond donors (Lipinski definition) is 3. The number of carbonyl (C=O) groups excluding carboxylic acids is 3. The fourth-order valence-corrected chi connectivity index (χ4v) is 2.76. The number of amides is 3.